The standard InChI is InChI=1S/C4H6Br4ClO3PS/c5-1-3(7)10-13(14,12-9)11-4(8)2-6/h3-4H,1-2H2. The average molecular weight is 520 g/mol. The van der Waals surface area contributed by atoms with Crippen molar-refractivity contribution in [2.24, 2.45) is 0 Å². The summed E-state index contributed by atoms with van der Waals surface area (Å²) >= 11 is 23.1. The van der Waals surface area contributed by atoms with E-state index in [0.717, 1.165) is 0 Å². The third kappa shape index (κ3) is 7.14. The zero-order chi connectivity index (χ0) is 11.2. The Morgan fingerprint density at radius 1 is 1.14 bits per heavy atom. The summed E-state index contributed by atoms with van der Waals surface area (Å²) in [6.07, 6.45) is 0. The molecule has 3 nitrogen and oxygen atoms in total. The maximum atomic E-state index is 5.28. The Morgan fingerprint density at radius 2 is 1.50 bits per heavy atom. The minimum Gasteiger partial charge on any atom is -0.292 e. The van der Waals surface area contributed by atoms with Gasteiger partial charge in [0.05, 0.1) is 11.9 Å². The van der Waals surface area contributed by atoms with Crippen LogP contribution < -0.4 is 0 Å². The van der Waals surface area contributed by atoms with Crippen LogP contribution in [0.4, 0.5) is 0 Å². The number of hydrogen-bond donors (Lipinski definition) is 0. The first-order valence-corrected chi connectivity index (χ1v) is 10.1. The van der Waals surface area contributed by atoms with Gasteiger partial charge in [-0.25, -0.2) is 0 Å². The molecular weight excluding hydrogens is 514 g/mol. The molecule has 0 saturated carbocycles. The van der Waals surface area contributed by atoms with Gasteiger partial charge in [0.1, 0.15) is 10.0 Å². The van der Waals surface area contributed by atoms with E-state index in [2.05, 4.69) is 67.8 Å². The zero-order valence-corrected chi connectivity index (χ0v) is 15.3. The van der Waals surface area contributed by atoms with Crippen LogP contribution in [0.15, 0.2) is 0 Å². The minimum absolute atomic E-state index is 0.304. The highest BCUT2D eigenvalue weighted by molar-refractivity contribution is 9.12. The van der Waals surface area contributed by atoms with Crippen molar-refractivity contribution in [3.8, 4) is 0 Å². The normalized spacial score (nSPS) is 20.1. The molecule has 0 aromatic carbocycles. The Kier molecular flexibility index (Phi) is 10.5. The summed E-state index contributed by atoms with van der Waals surface area (Å²) in [6, 6.07) is 0. The van der Waals surface area contributed by atoms with Gasteiger partial charge in [0, 0.05) is 10.7 Å². The lowest BCUT2D eigenvalue weighted by Gasteiger charge is -2.22. The number of hydrogen-bond acceptors (Lipinski definition) is 4. The first-order chi connectivity index (χ1) is 6.47. The maximum absolute atomic E-state index is 5.28. The van der Waals surface area contributed by atoms with Gasteiger partial charge in [-0.1, -0.05) is 63.7 Å². The lowest BCUT2D eigenvalue weighted by atomic mass is 10.9. The lowest BCUT2D eigenvalue weighted by molar-refractivity contribution is 0.204. The molecule has 0 spiro atoms. The first kappa shape index (κ1) is 16.7. The van der Waals surface area contributed by atoms with Crippen LogP contribution >= 0.6 is 82.3 Å². The van der Waals surface area contributed by atoms with Crippen LogP contribution in [0, 0.1) is 0 Å². The second kappa shape index (κ2) is 8.78. The summed E-state index contributed by atoms with van der Waals surface area (Å²) in [4.78, 5) is 0. The second-order valence-corrected chi connectivity index (χ2v) is 8.40. The molecule has 2 atom stereocenters. The molecule has 0 aromatic rings. The van der Waals surface area contributed by atoms with E-state index in [1.165, 1.54) is 0 Å². The molecular formula is C4H6Br4ClO3PS. The highest BCUT2D eigenvalue weighted by atomic mass is 79.9. The number of halogens is 5. The minimum atomic E-state index is -2.90. The fourth-order valence-electron chi connectivity index (χ4n) is 0.394. The van der Waals surface area contributed by atoms with Crippen LogP contribution in [0.25, 0.3) is 0 Å². The van der Waals surface area contributed by atoms with E-state index >= 15 is 0 Å². The highest BCUT2D eigenvalue weighted by Gasteiger charge is 2.27. The molecule has 0 saturated heterocycles. The summed E-state index contributed by atoms with van der Waals surface area (Å²) in [5.74, 6) is 0. The average Bonchev–Trinajstić information content (AvgIpc) is 2.17. The molecule has 0 aliphatic rings. The molecule has 0 fully saturated rings. The van der Waals surface area contributed by atoms with Gasteiger partial charge < -0.3 is 0 Å². The van der Waals surface area contributed by atoms with Crippen LogP contribution in [-0.4, -0.2) is 20.7 Å². The van der Waals surface area contributed by atoms with Gasteiger partial charge in [0.2, 0.25) is 0 Å². The van der Waals surface area contributed by atoms with Crippen LogP contribution in [0.1, 0.15) is 0 Å². The van der Waals surface area contributed by atoms with Gasteiger partial charge in [-0.05, 0) is 11.8 Å². The molecule has 0 N–H and O–H groups in total. The van der Waals surface area contributed by atoms with Gasteiger partial charge >= 0.3 is 6.72 Å². The Labute approximate surface area is 127 Å². The molecule has 86 valence electrons. The van der Waals surface area contributed by atoms with Crippen molar-refractivity contribution in [1.82, 2.24) is 0 Å². The van der Waals surface area contributed by atoms with E-state index in [4.69, 9.17) is 32.7 Å². The molecule has 2 unspecified atom stereocenters. The van der Waals surface area contributed by atoms with Crippen molar-refractivity contribution in [2.45, 2.75) is 10.0 Å². The maximum Gasteiger partial charge on any atom is 0.346 e. The highest BCUT2D eigenvalue weighted by Crippen LogP contribution is 2.54. The Hall–Kier alpha value is 2.74. The van der Waals surface area contributed by atoms with Crippen LogP contribution in [0.3, 0.4) is 0 Å². The smallest absolute Gasteiger partial charge is 0.292 e. The molecule has 0 aliphatic carbocycles. The SMILES string of the molecule is S=P(OCl)(OC(Br)CBr)OC(Br)CBr. The quantitative estimate of drug-likeness (QED) is 0.361. The van der Waals surface area contributed by atoms with E-state index in [1.54, 1.807) is 0 Å². The van der Waals surface area contributed by atoms with Crippen LogP contribution in [-0.2, 0) is 24.9 Å². The summed E-state index contributed by atoms with van der Waals surface area (Å²) in [5.41, 5.74) is 0. The molecule has 0 radical (unpaired) electrons. The molecule has 0 aliphatic heterocycles. The van der Waals surface area contributed by atoms with Gasteiger partial charge in [0.15, 0.2) is 0 Å². The van der Waals surface area contributed by atoms with Gasteiger partial charge in [-0.3, -0.25) is 9.05 Å². The van der Waals surface area contributed by atoms with Gasteiger partial charge in [-0.15, -0.1) is 0 Å². The van der Waals surface area contributed by atoms with E-state index in [0.29, 0.717) is 10.7 Å². The van der Waals surface area contributed by atoms with Crippen molar-refractivity contribution in [2.75, 3.05) is 10.7 Å². The summed E-state index contributed by atoms with van der Waals surface area (Å²) in [7, 11) is 0. The van der Waals surface area contributed by atoms with Crippen molar-refractivity contribution in [3.05, 3.63) is 0 Å². The topological polar surface area (TPSA) is 27.7 Å². The first-order valence-electron chi connectivity index (χ1n) is 3.14. The van der Waals surface area contributed by atoms with Gasteiger partial charge in [0.25, 0.3) is 0 Å². The molecule has 0 aromatic heterocycles. The van der Waals surface area contributed by atoms with Crippen LogP contribution in [0.2, 0.25) is 0 Å². The third-order valence-corrected chi connectivity index (χ3v) is 8.05. The van der Waals surface area contributed by atoms with E-state index in [1.807, 2.05) is 0 Å². The molecule has 0 heterocycles. The van der Waals surface area contributed by atoms with E-state index in [9.17, 15) is 0 Å². The summed E-state index contributed by atoms with van der Waals surface area (Å²) in [5, 5.41) is 0.496. The predicted molar refractivity (Wildman–Crippen MR) is 76.4 cm³/mol. The molecule has 0 bridgehead atoms. The van der Waals surface area contributed by atoms with Crippen molar-refractivity contribution < 1.29 is 13.1 Å². The molecule has 0 rings (SSSR count). The van der Waals surface area contributed by atoms with Crippen molar-refractivity contribution in [3.63, 3.8) is 0 Å². The van der Waals surface area contributed by atoms with E-state index in [-0.39, 0.29) is 10.0 Å². The monoisotopic (exact) mass is 516 g/mol. The second-order valence-electron chi connectivity index (χ2n) is 1.86. The summed E-state index contributed by atoms with van der Waals surface area (Å²) < 4.78 is 15.1. The Morgan fingerprint density at radius 3 is 1.71 bits per heavy atom. The fraction of sp³-hybridized carbons (Fsp3) is 1.00. The largest absolute Gasteiger partial charge is 0.346 e. The molecule has 10 heteroatoms. The number of rotatable bonds is 7. The fourth-order valence-corrected chi connectivity index (χ4v) is 4.69. The predicted octanol–water partition coefficient (Wildman–Crippen LogP) is 4.65. The van der Waals surface area contributed by atoms with Crippen molar-refractivity contribution in [1.29, 1.82) is 0 Å². The van der Waals surface area contributed by atoms with Crippen molar-refractivity contribution >= 4 is 94.1 Å². The lowest BCUT2D eigenvalue weighted by Crippen LogP contribution is -2.10. The third-order valence-electron chi connectivity index (χ3n) is 0.814. The summed E-state index contributed by atoms with van der Waals surface area (Å²) in [6.45, 7) is -2.90. The molecule has 0 amide bonds. The Bertz CT molecular complexity index is 195. The number of alkyl halides is 4. The Balaban J connectivity index is 4.25. The van der Waals surface area contributed by atoms with Gasteiger partial charge in [-0.2, -0.15) is 4.08 Å². The molecule has 14 heavy (non-hydrogen) atoms. The zero-order valence-electron chi connectivity index (χ0n) is 6.54. The van der Waals surface area contributed by atoms with Crippen LogP contribution in [0.5, 0.6) is 0 Å². The van der Waals surface area contributed by atoms with E-state index < -0.39 is 6.72 Å².